The van der Waals surface area contributed by atoms with Crippen LogP contribution in [0.1, 0.15) is 34.3 Å². The average molecular weight is 418 g/mol. The van der Waals surface area contributed by atoms with E-state index in [9.17, 15) is 4.79 Å². The maximum Gasteiger partial charge on any atom is 0.252 e. The van der Waals surface area contributed by atoms with Crippen LogP contribution < -0.4 is 5.32 Å². The summed E-state index contributed by atoms with van der Waals surface area (Å²) in [4.78, 5) is 21.3. The fourth-order valence-electron chi connectivity index (χ4n) is 4.71. The Labute approximate surface area is 186 Å². The molecule has 0 atom stereocenters. The number of rotatable bonds is 4. The number of fused-ring (bicyclic) bond motifs is 2. The van der Waals surface area contributed by atoms with Gasteiger partial charge in [-0.05, 0) is 72.0 Å². The molecule has 1 aliphatic carbocycles. The molecule has 6 rings (SSSR count). The summed E-state index contributed by atoms with van der Waals surface area (Å²) >= 11 is 0. The minimum atomic E-state index is -0.284. The van der Waals surface area contributed by atoms with Gasteiger partial charge in [-0.15, -0.1) is 0 Å². The Kier molecular flexibility index (Phi) is 4.15. The van der Waals surface area contributed by atoms with E-state index in [0.29, 0.717) is 5.56 Å². The maximum absolute atomic E-state index is 13.4. The van der Waals surface area contributed by atoms with Gasteiger partial charge in [-0.25, -0.2) is 0 Å². The molecule has 2 N–H and O–H groups in total. The highest BCUT2D eigenvalue weighted by molar-refractivity contribution is 6.01. The molecule has 156 valence electrons. The Morgan fingerprint density at radius 1 is 0.938 bits per heavy atom. The topological polar surface area (TPSA) is 57.8 Å². The number of aryl methyl sites for hydroxylation is 1. The minimum absolute atomic E-state index is 0.0242. The Morgan fingerprint density at radius 3 is 2.56 bits per heavy atom. The number of hydrogen-bond donors (Lipinski definition) is 2. The number of hydrogen-bond acceptors (Lipinski definition) is 2. The quantitative estimate of drug-likeness (QED) is 0.371. The van der Waals surface area contributed by atoms with Crippen molar-refractivity contribution in [3.05, 3.63) is 102 Å². The molecule has 1 aliphatic rings. The SMILES string of the molecule is Cc1cc2cc(-c3ccccn3)[nH]c2cc1C(=O)NC1(c2cccc3ccccc23)CC1. The van der Waals surface area contributed by atoms with Crippen molar-refractivity contribution in [2.75, 3.05) is 0 Å². The number of H-pyrrole nitrogens is 1. The van der Waals surface area contributed by atoms with Crippen LogP contribution in [0.15, 0.2) is 85.1 Å². The lowest BCUT2D eigenvalue weighted by Crippen LogP contribution is -2.35. The predicted molar refractivity (Wildman–Crippen MR) is 129 cm³/mol. The predicted octanol–water partition coefficient (Wildman–Crippen LogP) is 6.11. The Bertz CT molecular complexity index is 1470. The van der Waals surface area contributed by atoms with Crippen LogP contribution in [0.25, 0.3) is 33.1 Å². The molecule has 3 aromatic carbocycles. The largest absolute Gasteiger partial charge is 0.353 e. The molecule has 0 radical (unpaired) electrons. The highest BCUT2D eigenvalue weighted by atomic mass is 16.1. The van der Waals surface area contributed by atoms with Crippen LogP contribution in [0.3, 0.4) is 0 Å². The van der Waals surface area contributed by atoms with Gasteiger partial charge < -0.3 is 10.3 Å². The van der Waals surface area contributed by atoms with Gasteiger partial charge in [-0.3, -0.25) is 9.78 Å². The number of aromatic nitrogens is 2. The fourth-order valence-corrected chi connectivity index (χ4v) is 4.71. The monoisotopic (exact) mass is 417 g/mol. The Balaban J connectivity index is 1.35. The summed E-state index contributed by atoms with van der Waals surface area (Å²) in [5.41, 5.74) is 5.38. The molecule has 1 amide bonds. The molecule has 0 spiro atoms. The zero-order valence-electron chi connectivity index (χ0n) is 17.9. The normalized spacial score (nSPS) is 14.5. The van der Waals surface area contributed by atoms with E-state index in [1.54, 1.807) is 6.20 Å². The van der Waals surface area contributed by atoms with E-state index >= 15 is 0 Å². The molecule has 32 heavy (non-hydrogen) atoms. The second-order valence-corrected chi connectivity index (χ2v) is 8.72. The van der Waals surface area contributed by atoms with Crippen LogP contribution >= 0.6 is 0 Å². The summed E-state index contributed by atoms with van der Waals surface area (Å²) in [5, 5.41) is 6.87. The van der Waals surface area contributed by atoms with Crippen LogP contribution in [0.4, 0.5) is 0 Å². The summed E-state index contributed by atoms with van der Waals surface area (Å²) in [6, 6.07) is 26.7. The van der Waals surface area contributed by atoms with Crippen LogP contribution in [-0.2, 0) is 5.54 Å². The molecule has 1 saturated carbocycles. The van der Waals surface area contributed by atoms with Crippen LogP contribution in [0, 0.1) is 6.92 Å². The van der Waals surface area contributed by atoms with Crippen molar-refractivity contribution in [3.63, 3.8) is 0 Å². The first-order chi connectivity index (χ1) is 15.6. The van der Waals surface area contributed by atoms with Crippen molar-refractivity contribution < 1.29 is 4.79 Å². The molecule has 0 bridgehead atoms. The smallest absolute Gasteiger partial charge is 0.252 e. The Hall–Kier alpha value is -3.92. The second kappa shape index (κ2) is 7.06. The van der Waals surface area contributed by atoms with Crippen LogP contribution in [-0.4, -0.2) is 15.9 Å². The molecule has 2 heterocycles. The standard InChI is InChI=1S/C28H23N3O/c1-18-15-20-16-26(24-11-4-5-14-29-24)30-25(20)17-22(18)27(32)31-28(12-13-28)23-10-6-8-19-7-2-3-9-21(19)23/h2-11,14-17,30H,12-13H2,1H3,(H,31,32). The third-order valence-electron chi connectivity index (χ3n) is 6.56. The number of benzene rings is 3. The van der Waals surface area contributed by atoms with Gasteiger partial charge in [0.15, 0.2) is 0 Å². The lowest BCUT2D eigenvalue weighted by atomic mass is 9.96. The molecule has 1 fully saturated rings. The number of carbonyl (C=O) groups is 1. The van der Waals surface area contributed by atoms with Crippen molar-refractivity contribution >= 4 is 27.6 Å². The second-order valence-electron chi connectivity index (χ2n) is 8.72. The highest BCUT2D eigenvalue weighted by Gasteiger charge is 2.46. The molecule has 4 nitrogen and oxygen atoms in total. The van der Waals surface area contributed by atoms with E-state index in [1.165, 1.54) is 16.3 Å². The number of aromatic amines is 1. The van der Waals surface area contributed by atoms with E-state index in [2.05, 4.69) is 69.9 Å². The third kappa shape index (κ3) is 3.07. The van der Waals surface area contributed by atoms with E-state index < -0.39 is 0 Å². The molecular weight excluding hydrogens is 394 g/mol. The number of nitrogens with one attached hydrogen (secondary N) is 2. The van der Waals surface area contributed by atoms with E-state index in [4.69, 9.17) is 0 Å². The number of carbonyl (C=O) groups excluding carboxylic acids is 1. The third-order valence-corrected chi connectivity index (χ3v) is 6.56. The zero-order chi connectivity index (χ0) is 21.7. The lowest BCUT2D eigenvalue weighted by Gasteiger charge is -2.21. The van der Waals surface area contributed by atoms with Gasteiger partial charge in [0.25, 0.3) is 5.91 Å². The number of nitrogens with zero attached hydrogens (tertiary/aromatic N) is 1. The lowest BCUT2D eigenvalue weighted by molar-refractivity contribution is 0.0930. The van der Waals surface area contributed by atoms with E-state index in [-0.39, 0.29) is 11.4 Å². The van der Waals surface area contributed by atoms with E-state index in [0.717, 1.165) is 40.7 Å². The van der Waals surface area contributed by atoms with Gasteiger partial charge in [0.2, 0.25) is 0 Å². The summed E-state index contributed by atoms with van der Waals surface area (Å²) in [5.74, 6) is -0.0242. The molecule has 5 aromatic rings. The van der Waals surface area contributed by atoms with Gasteiger partial charge in [0.05, 0.1) is 16.9 Å². The maximum atomic E-state index is 13.4. The molecular formula is C28H23N3O. The molecule has 0 unspecified atom stereocenters. The minimum Gasteiger partial charge on any atom is -0.353 e. The molecule has 4 heteroatoms. The average Bonchev–Trinajstić information content (AvgIpc) is 3.48. The van der Waals surface area contributed by atoms with Gasteiger partial charge >= 0.3 is 0 Å². The first kappa shape index (κ1) is 18.8. The van der Waals surface area contributed by atoms with Gasteiger partial charge in [-0.1, -0.05) is 48.5 Å². The van der Waals surface area contributed by atoms with E-state index in [1.807, 2.05) is 31.2 Å². The summed E-state index contributed by atoms with van der Waals surface area (Å²) in [6.45, 7) is 2.00. The van der Waals surface area contributed by atoms with Crippen molar-refractivity contribution in [1.82, 2.24) is 15.3 Å². The van der Waals surface area contributed by atoms with Crippen molar-refractivity contribution in [2.24, 2.45) is 0 Å². The number of pyridine rings is 1. The summed E-state index contributed by atoms with van der Waals surface area (Å²) < 4.78 is 0. The fraction of sp³-hybridized carbons (Fsp3) is 0.143. The van der Waals surface area contributed by atoms with Crippen molar-refractivity contribution in [1.29, 1.82) is 0 Å². The first-order valence-electron chi connectivity index (χ1n) is 11.0. The highest BCUT2D eigenvalue weighted by Crippen LogP contribution is 2.48. The van der Waals surface area contributed by atoms with Gasteiger partial charge in [0, 0.05) is 22.7 Å². The van der Waals surface area contributed by atoms with Gasteiger partial charge in [-0.2, -0.15) is 0 Å². The first-order valence-corrected chi connectivity index (χ1v) is 11.0. The Morgan fingerprint density at radius 2 is 1.75 bits per heavy atom. The van der Waals surface area contributed by atoms with Crippen LogP contribution in [0.2, 0.25) is 0 Å². The summed E-state index contributed by atoms with van der Waals surface area (Å²) in [6.07, 6.45) is 3.70. The number of amides is 1. The molecule has 0 saturated heterocycles. The zero-order valence-corrected chi connectivity index (χ0v) is 17.9. The van der Waals surface area contributed by atoms with Crippen molar-refractivity contribution in [2.45, 2.75) is 25.3 Å². The molecule has 2 aromatic heterocycles. The van der Waals surface area contributed by atoms with Crippen LogP contribution in [0.5, 0.6) is 0 Å². The van der Waals surface area contributed by atoms with Gasteiger partial charge in [0.1, 0.15) is 0 Å². The summed E-state index contributed by atoms with van der Waals surface area (Å²) in [7, 11) is 0. The van der Waals surface area contributed by atoms with Crippen molar-refractivity contribution in [3.8, 4) is 11.4 Å². The molecule has 0 aliphatic heterocycles.